The summed E-state index contributed by atoms with van der Waals surface area (Å²) in [4.78, 5) is 16.5. The molecule has 1 heterocycles. The monoisotopic (exact) mass is 285 g/mol. The van der Waals surface area contributed by atoms with Crippen LogP contribution in [-0.2, 0) is 9.53 Å². The van der Waals surface area contributed by atoms with Gasteiger partial charge in [0, 0.05) is 32.7 Å². The lowest BCUT2D eigenvalue weighted by Crippen LogP contribution is -2.49. The van der Waals surface area contributed by atoms with Crippen molar-refractivity contribution in [2.24, 2.45) is 11.7 Å². The second-order valence-corrected chi connectivity index (χ2v) is 6.55. The zero-order valence-electron chi connectivity index (χ0n) is 13.5. The molecule has 1 saturated heterocycles. The zero-order valence-corrected chi connectivity index (χ0v) is 13.5. The average molecular weight is 285 g/mol. The van der Waals surface area contributed by atoms with Crippen molar-refractivity contribution in [2.75, 3.05) is 46.4 Å². The molecule has 0 bridgehead atoms. The van der Waals surface area contributed by atoms with Crippen LogP contribution in [0.15, 0.2) is 0 Å². The minimum absolute atomic E-state index is 0.320. The van der Waals surface area contributed by atoms with E-state index >= 15 is 0 Å². The first-order valence-corrected chi connectivity index (χ1v) is 7.67. The molecule has 0 spiro atoms. The summed E-state index contributed by atoms with van der Waals surface area (Å²) in [6, 6.07) is 0. The van der Waals surface area contributed by atoms with Crippen LogP contribution in [0.4, 0.5) is 0 Å². The number of piperazine rings is 1. The molecule has 2 N–H and O–H groups in total. The number of rotatable bonds is 7. The van der Waals surface area contributed by atoms with Crippen LogP contribution >= 0.6 is 0 Å². The third-order valence-electron chi connectivity index (χ3n) is 3.91. The molecular formula is C15H31N3O2. The van der Waals surface area contributed by atoms with Gasteiger partial charge in [-0.05, 0) is 32.2 Å². The summed E-state index contributed by atoms with van der Waals surface area (Å²) < 4.78 is 4.72. The molecule has 0 aromatic heterocycles. The van der Waals surface area contributed by atoms with Crippen LogP contribution in [-0.4, -0.2) is 67.7 Å². The van der Waals surface area contributed by atoms with E-state index in [1.165, 1.54) is 13.7 Å². The zero-order chi connectivity index (χ0) is 15.2. The van der Waals surface area contributed by atoms with Gasteiger partial charge in [0.1, 0.15) is 5.54 Å². The molecule has 5 nitrogen and oxygen atoms in total. The van der Waals surface area contributed by atoms with E-state index in [2.05, 4.69) is 23.6 Å². The molecule has 1 fully saturated rings. The molecule has 1 rings (SSSR count). The Kier molecular flexibility index (Phi) is 6.92. The molecule has 0 aromatic rings. The van der Waals surface area contributed by atoms with E-state index in [0.29, 0.717) is 6.42 Å². The second-order valence-electron chi connectivity index (χ2n) is 6.55. The van der Waals surface area contributed by atoms with Crippen molar-refractivity contribution < 1.29 is 9.53 Å². The molecule has 1 unspecified atom stereocenters. The molecule has 1 aliphatic heterocycles. The fourth-order valence-corrected chi connectivity index (χ4v) is 2.72. The Morgan fingerprint density at radius 3 is 2.30 bits per heavy atom. The molecule has 0 radical (unpaired) electrons. The molecule has 20 heavy (non-hydrogen) atoms. The fraction of sp³-hybridized carbons (Fsp3) is 0.933. The van der Waals surface area contributed by atoms with E-state index in [9.17, 15) is 4.79 Å². The van der Waals surface area contributed by atoms with E-state index in [-0.39, 0.29) is 5.97 Å². The highest BCUT2D eigenvalue weighted by molar-refractivity contribution is 5.79. The van der Waals surface area contributed by atoms with Gasteiger partial charge in [-0.25, -0.2) is 0 Å². The Hall–Kier alpha value is -0.650. The third kappa shape index (κ3) is 5.77. The highest BCUT2D eigenvalue weighted by Gasteiger charge is 2.29. The molecular weight excluding hydrogens is 254 g/mol. The normalized spacial score (nSPS) is 20.9. The van der Waals surface area contributed by atoms with Crippen molar-refractivity contribution in [3.8, 4) is 0 Å². The van der Waals surface area contributed by atoms with Crippen LogP contribution in [0.5, 0.6) is 0 Å². The maximum absolute atomic E-state index is 11.5. The average Bonchev–Trinajstić information content (AvgIpc) is 2.39. The fourth-order valence-electron chi connectivity index (χ4n) is 2.72. The summed E-state index contributed by atoms with van der Waals surface area (Å²) in [7, 11) is 1.39. The molecule has 118 valence electrons. The first-order valence-electron chi connectivity index (χ1n) is 7.67. The minimum Gasteiger partial charge on any atom is -0.468 e. The summed E-state index contributed by atoms with van der Waals surface area (Å²) in [5.41, 5.74) is 5.11. The number of nitrogens with two attached hydrogens (primary N) is 1. The predicted octanol–water partition coefficient (Wildman–Crippen LogP) is 0.931. The smallest absolute Gasteiger partial charge is 0.325 e. The lowest BCUT2D eigenvalue weighted by molar-refractivity contribution is -0.146. The summed E-state index contributed by atoms with van der Waals surface area (Å²) in [5, 5.41) is 0. The number of esters is 1. The molecule has 0 saturated carbocycles. The maximum atomic E-state index is 11.5. The van der Waals surface area contributed by atoms with Crippen LogP contribution in [0.1, 0.15) is 33.6 Å². The molecule has 0 amide bonds. The number of carbonyl (C=O) groups is 1. The quantitative estimate of drug-likeness (QED) is 0.705. The van der Waals surface area contributed by atoms with Crippen LogP contribution in [0.25, 0.3) is 0 Å². The van der Waals surface area contributed by atoms with Crippen molar-refractivity contribution >= 4 is 5.97 Å². The minimum atomic E-state index is -0.853. The summed E-state index contributed by atoms with van der Waals surface area (Å²) in [6.45, 7) is 13.0. The predicted molar refractivity (Wildman–Crippen MR) is 81.6 cm³/mol. The first-order chi connectivity index (χ1) is 9.35. The highest BCUT2D eigenvalue weighted by atomic mass is 16.5. The van der Waals surface area contributed by atoms with Gasteiger partial charge in [0.15, 0.2) is 0 Å². The van der Waals surface area contributed by atoms with E-state index in [0.717, 1.165) is 45.1 Å². The Morgan fingerprint density at radius 1 is 1.25 bits per heavy atom. The number of nitrogens with zero attached hydrogens (tertiary/aromatic N) is 2. The van der Waals surface area contributed by atoms with Crippen LogP contribution in [0.3, 0.4) is 0 Å². The van der Waals surface area contributed by atoms with Crippen molar-refractivity contribution in [1.82, 2.24) is 9.80 Å². The lowest BCUT2D eigenvalue weighted by atomic mass is 9.97. The first kappa shape index (κ1) is 17.4. The van der Waals surface area contributed by atoms with Gasteiger partial charge >= 0.3 is 5.97 Å². The molecule has 1 atom stereocenters. The van der Waals surface area contributed by atoms with Crippen LogP contribution in [0.2, 0.25) is 0 Å². The van der Waals surface area contributed by atoms with E-state index < -0.39 is 5.54 Å². The van der Waals surface area contributed by atoms with Crippen LogP contribution < -0.4 is 5.73 Å². The van der Waals surface area contributed by atoms with Crippen molar-refractivity contribution in [2.45, 2.75) is 39.2 Å². The number of hydrogen-bond donors (Lipinski definition) is 1. The van der Waals surface area contributed by atoms with Gasteiger partial charge in [-0.2, -0.15) is 0 Å². The SMILES string of the molecule is COC(=O)C(C)(N)CCCN1CCN(CC(C)C)CC1. The van der Waals surface area contributed by atoms with Gasteiger partial charge < -0.3 is 20.3 Å². The Morgan fingerprint density at radius 2 is 1.80 bits per heavy atom. The van der Waals surface area contributed by atoms with Gasteiger partial charge in [-0.3, -0.25) is 4.79 Å². The Labute approximate surface area is 123 Å². The molecule has 5 heteroatoms. The van der Waals surface area contributed by atoms with Gasteiger partial charge in [-0.1, -0.05) is 13.8 Å². The van der Waals surface area contributed by atoms with Crippen molar-refractivity contribution in [1.29, 1.82) is 0 Å². The third-order valence-corrected chi connectivity index (χ3v) is 3.91. The van der Waals surface area contributed by atoms with Gasteiger partial charge in [-0.15, -0.1) is 0 Å². The van der Waals surface area contributed by atoms with E-state index in [4.69, 9.17) is 10.5 Å². The summed E-state index contributed by atoms with van der Waals surface area (Å²) >= 11 is 0. The standard InChI is InChI=1S/C15H31N3O2/c1-13(2)12-18-10-8-17(9-11-18)7-5-6-15(3,16)14(19)20-4/h13H,5-12,16H2,1-4H3. The number of carbonyl (C=O) groups excluding carboxylic acids is 1. The van der Waals surface area contributed by atoms with Gasteiger partial charge in [0.2, 0.25) is 0 Å². The topological polar surface area (TPSA) is 58.8 Å². The molecule has 0 aliphatic carbocycles. The Balaban J connectivity index is 2.20. The van der Waals surface area contributed by atoms with E-state index in [1.807, 2.05) is 0 Å². The largest absolute Gasteiger partial charge is 0.468 e. The number of ether oxygens (including phenoxy) is 1. The molecule has 1 aliphatic rings. The highest BCUT2D eigenvalue weighted by Crippen LogP contribution is 2.12. The van der Waals surface area contributed by atoms with Crippen molar-refractivity contribution in [3.63, 3.8) is 0 Å². The molecule has 0 aromatic carbocycles. The summed E-state index contributed by atoms with van der Waals surface area (Å²) in [6.07, 6.45) is 1.61. The van der Waals surface area contributed by atoms with Crippen molar-refractivity contribution in [3.05, 3.63) is 0 Å². The summed E-state index contributed by atoms with van der Waals surface area (Å²) in [5.74, 6) is 0.416. The maximum Gasteiger partial charge on any atom is 0.325 e. The van der Waals surface area contributed by atoms with Gasteiger partial charge in [0.05, 0.1) is 7.11 Å². The number of methoxy groups -OCH3 is 1. The van der Waals surface area contributed by atoms with Gasteiger partial charge in [0.25, 0.3) is 0 Å². The lowest BCUT2D eigenvalue weighted by Gasteiger charge is -2.35. The van der Waals surface area contributed by atoms with E-state index in [1.54, 1.807) is 6.92 Å². The van der Waals surface area contributed by atoms with Crippen LogP contribution in [0, 0.1) is 5.92 Å². The Bertz CT molecular complexity index is 297. The second kappa shape index (κ2) is 7.96. The number of hydrogen-bond acceptors (Lipinski definition) is 5.